The first-order chi connectivity index (χ1) is 11.1. The lowest BCUT2D eigenvalue weighted by Gasteiger charge is -2.33. The zero-order valence-corrected chi connectivity index (χ0v) is 13.3. The van der Waals surface area contributed by atoms with Gasteiger partial charge in [-0.15, -0.1) is 0 Å². The molecule has 0 atom stereocenters. The lowest BCUT2D eigenvalue weighted by Crippen LogP contribution is -2.44. The number of fused-ring (bicyclic) bond motifs is 1. The molecule has 0 spiro atoms. The average molecular weight is 338 g/mol. The summed E-state index contributed by atoms with van der Waals surface area (Å²) < 4.78 is 38.2. The maximum Gasteiger partial charge on any atom is 0.417 e. The fourth-order valence-electron chi connectivity index (χ4n) is 3.17. The van der Waals surface area contributed by atoms with Crippen molar-refractivity contribution in [3.8, 4) is 0 Å². The van der Waals surface area contributed by atoms with Crippen molar-refractivity contribution < 1.29 is 17.6 Å². The molecule has 1 aromatic carbocycles. The van der Waals surface area contributed by atoms with Crippen LogP contribution in [0.25, 0.3) is 11.1 Å². The number of hydrogen-bond acceptors (Lipinski definition) is 5. The molecule has 1 saturated heterocycles. The highest BCUT2D eigenvalue weighted by Crippen LogP contribution is 2.36. The zero-order valence-electron chi connectivity index (χ0n) is 12.5. The number of H-pyrrole nitrogens is 1. The second-order valence-corrected chi connectivity index (χ2v) is 7.93. The van der Waals surface area contributed by atoms with Crippen LogP contribution >= 0.6 is 0 Å². The predicted octanol–water partition coefficient (Wildman–Crippen LogP) is 1.45. The van der Waals surface area contributed by atoms with Gasteiger partial charge >= 0.3 is 5.76 Å². The first-order valence-electron chi connectivity index (χ1n) is 7.80. The Bertz CT molecular complexity index is 875. The highest BCUT2D eigenvalue weighted by molar-refractivity contribution is 7.89. The Hall–Kier alpha value is -1.64. The van der Waals surface area contributed by atoms with E-state index in [1.54, 1.807) is 10.4 Å². The number of benzene rings is 1. The minimum absolute atomic E-state index is 0.0184. The Morgan fingerprint density at radius 1 is 1.09 bits per heavy atom. The third kappa shape index (κ3) is 2.71. The summed E-state index contributed by atoms with van der Waals surface area (Å²) in [5.74, 6) is -0.585. The summed E-state index contributed by atoms with van der Waals surface area (Å²) in [6.07, 6.45) is 3.24. The van der Waals surface area contributed by atoms with Crippen molar-refractivity contribution in [3.63, 3.8) is 0 Å². The van der Waals surface area contributed by atoms with Crippen molar-refractivity contribution >= 4 is 21.1 Å². The molecule has 1 aromatic heterocycles. The molecule has 0 radical (unpaired) electrons. The third-order valence-corrected chi connectivity index (χ3v) is 6.43. The fourth-order valence-corrected chi connectivity index (χ4v) is 5.11. The topological polar surface area (TPSA) is 92.6 Å². The summed E-state index contributed by atoms with van der Waals surface area (Å²) in [6.45, 7) is 1.18. The molecule has 23 heavy (non-hydrogen) atoms. The van der Waals surface area contributed by atoms with Crippen LogP contribution in [0.5, 0.6) is 0 Å². The largest absolute Gasteiger partial charge is 0.417 e. The summed E-state index contributed by atoms with van der Waals surface area (Å²) in [5.41, 5.74) is 0.761. The number of ether oxygens (including phenoxy) is 1. The molecule has 2 fully saturated rings. The van der Waals surface area contributed by atoms with Crippen LogP contribution in [0.1, 0.15) is 25.7 Å². The van der Waals surface area contributed by atoms with Gasteiger partial charge in [-0.1, -0.05) is 0 Å². The molecular formula is C15H18N2O5S. The van der Waals surface area contributed by atoms with Gasteiger partial charge < -0.3 is 9.15 Å². The van der Waals surface area contributed by atoms with E-state index < -0.39 is 15.8 Å². The van der Waals surface area contributed by atoms with Gasteiger partial charge in [0.25, 0.3) is 0 Å². The average Bonchev–Trinajstić information content (AvgIpc) is 3.27. The van der Waals surface area contributed by atoms with Gasteiger partial charge in [-0.3, -0.25) is 4.98 Å². The number of nitrogens with zero attached hydrogens (tertiary/aromatic N) is 1. The quantitative estimate of drug-likeness (QED) is 0.911. The number of hydrogen-bond donors (Lipinski definition) is 1. The van der Waals surface area contributed by atoms with Gasteiger partial charge in [-0.25, -0.2) is 13.2 Å². The van der Waals surface area contributed by atoms with Crippen molar-refractivity contribution in [1.29, 1.82) is 0 Å². The molecule has 2 aliphatic rings. The van der Waals surface area contributed by atoms with Gasteiger partial charge in [0.2, 0.25) is 10.0 Å². The third-order valence-electron chi connectivity index (χ3n) is 4.43. The predicted molar refractivity (Wildman–Crippen MR) is 82.7 cm³/mol. The van der Waals surface area contributed by atoms with E-state index in [0.29, 0.717) is 18.7 Å². The minimum Gasteiger partial charge on any atom is -0.408 e. The number of sulfonamides is 1. The summed E-state index contributed by atoms with van der Waals surface area (Å²) in [5, 5.41) is 0. The van der Waals surface area contributed by atoms with Crippen LogP contribution < -0.4 is 5.76 Å². The molecule has 124 valence electrons. The molecule has 7 nitrogen and oxygen atoms in total. The molecule has 0 unspecified atom stereocenters. The van der Waals surface area contributed by atoms with Crippen LogP contribution in [0.4, 0.5) is 0 Å². The molecule has 1 aliphatic carbocycles. The second kappa shape index (κ2) is 5.47. The van der Waals surface area contributed by atoms with Crippen LogP contribution in [0, 0.1) is 0 Å². The molecule has 1 aliphatic heterocycles. The Kier molecular flexibility index (Phi) is 3.55. The van der Waals surface area contributed by atoms with Crippen LogP contribution in [0.3, 0.4) is 0 Å². The molecule has 0 bridgehead atoms. The van der Waals surface area contributed by atoms with Crippen LogP contribution in [-0.2, 0) is 14.8 Å². The Labute approximate surface area is 133 Å². The van der Waals surface area contributed by atoms with E-state index in [0.717, 1.165) is 25.7 Å². The molecule has 2 aromatic rings. The monoisotopic (exact) mass is 338 g/mol. The van der Waals surface area contributed by atoms with E-state index in [1.807, 2.05) is 0 Å². The lowest BCUT2D eigenvalue weighted by atomic mass is 10.1. The molecule has 1 N–H and O–H groups in total. The van der Waals surface area contributed by atoms with Gasteiger partial charge in [0.15, 0.2) is 5.58 Å². The maximum absolute atomic E-state index is 13.1. The first-order valence-corrected chi connectivity index (χ1v) is 9.24. The molecule has 0 amide bonds. The summed E-state index contributed by atoms with van der Waals surface area (Å²) >= 11 is 0. The maximum atomic E-state index is 13.1. The Morgan fingerprint density at radius 2 is 1.78 bits per heavy atom. The van der Waals surface area contributed by atoms with E-state index in [9.17, 15) is 13.2 Å². The van der Waals surface area contributed by atoms with Crippen LogP contribution in [0.2, 0.25) is 0 Å². The number of aromatic amines is 1. The number of nitrogens with one attached hydrogen (secondary N) is 1. The SMILES string of the molecule is O=c1[nH]c2ccc(S(=O)(=O)N(C3CCOCC3)C3CC3)cc2o1. The standard InChI is InChI=1S/C15H18N2O5S/c18-15-16-13-4-3-12(9-14(13)22-15)23(19,20)17(10-1-2-10)11-5-7-21-8-6-11/h3-4,9-11H,1-2,5-8H2,(H,16,18). The van der Waals surface area contributed by atoms with Gasteiger partial charge in [-0.2, -0.15) is 4.31 Å². The molecule has 1 saturated carbocycles. The highest BCUT2D eigenvalue weighted by Gasteiger charge is 2.43. The van der Waals surface area contributed by atoms with Gasteiger partial charge in [0.05, 0.1) is 10.4 Å². The normalized spacial score (nSPS) is 20.4. The van der Waals surface area contributed by atoms with Crippen molar-refractivity contribution in [2.45, 2.75) is 42.7 Å². The second-order valence-electron chi connectivity index (χ2n) is 6.08. The fraction of sp³-hybridized carbons (Fsp3) is 0.533. The van der Waals surface area contributed by atoms with Gasteiger partial charge in [-0.05, 0) is 37.8 Å². The van der Waals surface area contributed by atoms with Crippen molar-refractivity contribution in [2.75, 3.05) is 13.2 Å². The number of oxazole rings is 1. The highest BCUT2D eigenvalue weighted by atomic mass is 32.2. The Balaban J connectivity index is 1.74. The van der Waals surface area contributed by atoms with E-state index in [2.05, 4.69) is 4.98 Å². The van der Waals surface area contributed by atoms with E-state index in [-0.39, 0.29) is 22.6 Å². The Morgan fingerprint density at radius 3 is 2.48 bits per heavy atom. The van der Waals surface area contributed by atoms with Gasteiger partial charge in [0, 0.05) is 31.4 Å². The van der Waals surface area contributed by atoms with Gasteiger partial charge in [0.1, 0.15) is 0 Å². The van der Waals surface area contributed by atoms with Crippen molar-refractivity contribution in [1.82, 2.24) is 9.29 Å². The minimum atomic E-state index is -3.62. The number of aromatic nitrogens is 1. The first kappa shape index (κ1) is 14.9. The summed E-state index contributed by atoms with van der Waals surface area (Å²) in [7, 11) is -3.62. The molecule has 2 heterocycles. The van der Waals surface area contributed by atoms with E-state index in [1.165, 1.54) is 12.1 Å². The smallest absolute Gasteiger partial charge is 0.408 e. The molecule has 8 heteroatoms. The van der Waals surface area contributed by atoms with E-state index >= 15 is 0 Å². The molecule has 4 rings (SSSR count). The van der Waals surface area contributed by atoms with Crippen molar-refractivity contribution in [3.05, 3.63) is 28.7 Å². The zero-order chi connectivity index (χ0) is 16.0. The van der Waals surface area contributed by atoms with Crippen LogP contribution in [0.15, 0.2) is 32.3 Å². The summed E-state index contributed by atoms with van der Waals surface area (Å²) in [4.78, 5) is 13.9. The van der Waals surface area contributed by atoms with Crippen molar-refractivity contribution in [2.24, 2.45) is 0 Å². The van der Waals surface area contributed by atoms with Crippen LogP contribution in [-0.4, -0.2) is 43.0 Å². The lowest BCUT2D eigenvalue weighted by molar-refractivity contribution is 0.0569. The summed E-state index contributed by atoms with van der Waals surface area (Å²) in [6, 6.07) is 4.59. The number of rotatable bonds is 4. The van der Waals surface area contributed by atoms with E-state index in [4.69, 9.17) is 9.15 Å². The molecular weight excluding hydrogens is 320 g/mol.